The number of fused-ring (bicyclic) bond motifs is 1. The van der Waals surface area contributed by atoms with Gasteiger partial charge in [0.2, 0.25) is 0 Å². The zero-order valence-electron chi connectivity index (χ0n) is 19.3. The van der Waals surface area contributed by atoms with Gasteiger partial charge in [-0.2, -0.15) is 0 Å². The first-order valence-electron chi connectivity index (χ1n) is 11.3. The summed E-state index contributed by atoms with van der Waals surface area (Å²) in [6.07, 6.45) is 1.82. The molecule has 0 heterocycles. The Labute approximate surface area is 200 Å². The molecule has 0 unspecified atom stereocenters. The van der Waals surface area contributed by atoms with Gasteiger partial charge < -0.3 is 14.6 Å². The molecule has 0 amide bonds. The number of aliphatic hydroxyl groups is 1. The quantitative estimate of drug-likeness (QED) is 0.189. The summed E-state index contributed by atoms with van der Waals surface area (Å²) in [6.45, 7) is 6.12. The SMILES string of the molecule is C=CC(=O)OCCOc1cccc2ccc(-c3ccc(-c4ccc(CCO)cc4)c(C)c3)cc12. The Bertz CT molecular complexity index is 1310. The van der Waals surface area contributed by atoms with E-state index in [-0.39, 0.29) is 19.8 Å². The zero-order chi connectivity index (χ0) is 23.9. The maximum absolute atomic E-state index is 11.2. The summed E-state index contributed by atoms with van der Waals surface area (Å²) in [5.74, 6) is 0.300. The first kappa shape index (κ1) is 23.3. The van der Waals surface area contributed by atoms with Crippen molar-refractivity contribution in [3.05, 3.63) is 103 Å². The highest BCUT2D eigenvalue weighted by Crippen LogP contribution is 2.33. The third-order valence-electron chi connectivity index (χ3n) is 5.82. The van der Waals surface area contributed by atoms with Crippen LogP contribution in [-0.4, -0.2) is 30.9 Å². The number of aliphatic hydroxyl groups excluding tert-OH is 1. The molecule has 0 aliphatic rings. The van der Waals surface area contributed by atoms with E-state index in [1.807, 2.05) is 12.1 Å². The maximum Gasteiger partial charge on any atom is 0.330 e. The molecule has 4 rings (SSSR count). The standard InChI is InChI=1S/C30H28O4/c1-3-30(32)34-18-17-33-29-6-4-5-23-11-12-26(20-28(23)29)25-13-14-27(21(2)19-25)24-9-7-22(8-10-24)15-16-31/h3-14,19-20,31H,1,15-18H2,2H3. The van der Waals surface area contributed by atoms with Crippen molar-refractivity contribution in [1.29, 1.82) is 0 Å². The lowest BCUT2D eigenvalue weighted by atomic mass is 9.94. The molecule has 4 heteroatoms. The third kappa shape index (κ3) is 5.36. The molecule has 0 radical (unpaired) electrons. The number of benzene rings is 4. The van der Waals surface area contributed by atoms with Gasteiger partial charge in [0.1, 0.15) is 19.0 Å². The van der Waals surface area contributed by atoms with Gasteiger partial charge in [0.25, 0.3) is 0 Å². The van der Waals surface area contributed by atoms with Gasteiger partial charge in [0.05, 0.1) is 0 Å². The minimum atomic E-state index is -0.455. The Morgan fingerprint density at radius 1 is 0.912 bits per heavy atom. The van der Waals surface area contributed by atoms with E-state index in [9.17, 15) is 4.79 Å². The second-order valence-corrected chi connectivity index (χ2v) is 8.11. The molecule has 0 aliphatic carbocycles. The predicted octanol–water partition coefficient (Wildman–Crippen LogP) is 6.13. The molecule has 0 spiro atoms. The summed E-state index contributed by atoms with van der Waals surface area (Å²) in [4.78, 5) is 11.2. The molecule has 0 fully saturated rings. The molecule has 0 saturated carbocycles. The minimum absolute atomic E-state index is 0.161. The van der Waals surface area contributed by atoms with Gasteiger partial charge in [-0.3, -0.25) is 0 Å². The number of hydrogen-bond acceptors (Lipinski definition) is 4. The number of ether oxygens (including phenoxy) is 2. The van der Waals surface area contributed by atoms with Crippen molar-refractivity contribution in [3.63, 3.8) is 0 Å². The van der Waals surface area contributed by atoms with E-state index < -0.39 is 5.97 Å². The van der Waals surface area contributed by atoms with Gasteiger partial charge in [-0.1, -0.05) is 73.3 Å². The molecule has 4 aromatic carbocycles. The topological polar surface area (TPSA) is 55.8 Å². The van der Waals surface area contributed by atoms with Crippen molar-refractivity contribution in [3.8, 4) is 28.0 Å². The summed E-state index contributed by atoms with van der Waals surface area (Å²) in [6, 6.07) is 27.2. The van der Waals surface area contributed by atoms with E-state index >= 15 is 0 Å². The van der Waals surface area contributed by atoms with Crippen LogP contribution in [0.25, 0.3) is 33.0 Å². The zero-order valence-corrected chi connectivity index (χ0v) is 19.3. The fourth-order valence-electron chi connectivity index (χ4n) is 4.05. The molecule has 0 aliphatic heterocycles. The van der Waals surface area contributed by atoms with Crippen LogP contribution in [-0.2, 0) is 16.0 Å². The van der Waals surface area contributed by atoms with Crippen LogP contribution in [0, 0.1) is 6.92 Å². The van der Waals surface area contributed by atoms with E-state index in [1.165, 1.54) is 11.1 Å². The number of esters is 1. The van der Waals surface area contributed by atoms with Crippen LogP contribution < -0.4 is 4.74 Å². The molecule has 172 valence electrons. The lowest BCUT2D eigenvalue weighted by molar-refractivity contribution is -0.138. The van der Waals surface area contributed by atoms with Crippen LogP contribution in [0.5, 0.6) is 5.75 Å². The number of carbonyl (C=O) groups excluding carboxylic acids is 1. The second-order valence-electron chi connectivity index (χ2n) is 8.11. The van der Waals surface area contributed by atoms with Gasteiger partial charge in [0.15, 0.2) is 0 Å². The highest BCUT2D eigenvalue weighted by atomic mass is 16.6. The van der Waals surface area contributed by atoms with Crippen molar-refractivity contribution in [2.24, 2.45) is 0 Å². The summed E-state index contributed by atoms with van der Waals surface area (Å²) in [5, 5.41) is 11.2. The molecule has 34 heavy (non-hydrogen) atoms. The van der Waals surface area contributed by atoms with Crippen molar-refractivity contribution in [2.45, 2.75) is 13.3 Å². The van der Waals surface area contributed by atoms with Gasteiger partial charge in [-0.15, -0.1) is 0 Å². The molecule has 0 bridgehead atoms. The molecule has 4 nitrogen and oxygen atoms in total. The number of aryl methyl sites for hydroxylation is 1. The van der Waals surface area contributed by atoms with Crippen LogP contribution >= 0.6 is 0 Å². The molecular formula is C30H28O4. The fraction of sp³-hybridized carbons (Fsp3) is 0.167. The van der Waals surface area contributed by atoms with Crippen LogP contribution in [0.2, 0.25) is 0 Å². The maximum atomic E-state index is 11.2. The van der Waals surface area contributed by atoms with Crippen LogP contribution in [0.1, 0.15) is 11.1 Å². The van der Waals surface area contributed by atoms with Crippen molar-refractivity contribution >= 4 is 16.7 Å². The predicted molar refractivity (Wildman–Crippen MR) is 137 cm³/mol. The van der Waals surface area contributed by atoms with E-state index in [0.29, 0.717) is 6.42 Å². The van der Waals surface area contributed by atoms with Crippen LogP contribution in [0.15, 0.2) is 91.5 Å². The number of rotatable bonds is 9. The van der Waals surface area contributed by atoms with E-state index in [4.69, 9.17) is 14.6 Å². The molecule has 4 aromatic rings. The summed E-state index contributed by atoms with van der Waals surface area (Å²) in [5.41, 5.74) is 6.93. The monoisotopic (exact) mass is 452 g/mol. The van der Waals surface area contributed by atoms with Crippen molar-refractivity contribution < 1.29 is 19.4 Å². The molecule has 1 N–H and O–H groups in total. The highest BCUT2D eigenvalue weighted by Gasteiger charge is 2.08. The highest BCUT2D eigenvalue weighted by molar-refractivity contribution is 5.92. The van der Waals surface area contributed by atoms with E-state index in [0.717, 1.165) is 44.9 Å². The van der Waals surface area contributed by atoms with Crippen LogP contribution in [0.3, 0.4) is 0 Å². The number of hydrogen-bond donors (Lipinski definition) is 1. The average Bonchev–Trinajstić information content (AvgIpc) is 2.87. The largest absolute Gasteiger partial charge is 0.489 e. The first-order valence-corrected chi connectivity index (χ1v) is 11.3. The van der Waals surface area contributed by atoms with E-state index in [2.05, 4.69) is 80.2 Å². The normalized spacial score (nSPS) is 10.8. The summed E-state index contributed by atoms with van der Waals surface area (Å²) < 4.78 is 10.9. The smallest absolute Gasteiger partial charge is 0.330 e. The molecule has 0 saturated heterocycles. The molecule has 0 atom stereocenters. The lowest BCUT2D eigenvalue weighted by Crippen LogP contribution is -2.10. The minimum Gasteiger partial charge on any atom is -0.489 e. The Kier molecular flexibility index (Phi) is 7.41. The average molecular weight is 453 g/mol. The van der Waals surface area contributed by atoms with Gasteiger partial charge in [-0.25, -0.2) is 4.79 Å². The lowest BCUT2D eigenvalue weighted by Gasteiger charge is -2.13. The van der Waals surface area contributed by atoms with Gasteiger partial charge >= 0.3 is 5.97 Å². The summed E-state index contributed by atoms with van der Waals surface area (Å²) in [7, 11) is 0. The fourth-order valence-corrected chi connectivity index (χ4v) is 4.05. The Morgan fingerprint density at radius 2 is 1.65 bits per heavy atom. The Morgan fingerprint density at radius 3 is 2.38 bits per heavy atom. The van der Waals surface area contributed by atoms with Crippen LogP contribution in [0.4, 0.5) is 0 Å². The Balaban J connectivity index is 1.57. The second kappa shape index (κ2) is 10.8. The Hall–Kier alpha value is -3.89. The first-order chi connectivity index (χ1) is 16.6. The van der Waals surface area contributed by atoms with Gasteiger partial charge in [-0.05, 0) is 64.2 Å². The van der Waals surface area contributed by atoms with Gasteiger partial charge in [0, 0.05) is 18.1 Å². The molecule has 0 aromatic heterocycles. The van der Waals surface area contributed by atoms with Crippen molar-refractivity contribution in [2.75, 3.05) is 19.8 Å². The van der Waals surface area contributed by atoms with Crippen molar-refractivity contribution in [1.82, 2.24) is 0 Å². The number of carbonyl (C=O) groups is 1. The molecular weight excluding hydrogens is 424 g/mol. The summed E-state index contributed by atoms with van der Waals surface area (Å²) >= 11 is 0. The van der Waals surface area contributed by atoms with E-state index in [1.54, 1.807) is 0 Å². The third-order valence-corrected chi connectivity index (χ3v) is 5.82.